The van der Waals surface area contributed by atoms with Gasteiger partial charge in [-0.15, -0.1) is 0 Å². The van der Waals surface area contributed by atoms with E-state index < -0.39 is 10.0 Å². The van der Waals surface area contributed by atoms with Crippen molar-refractivity contribution in [2.75, 3.05) is 17.1 Å². The van der Waals surface area contributed by atoms with Gasteiger partial charge in [-0.05, 0) is 66.4 Å². The van der Waals surface area contributed by atoms with E-state index in [9.17, 15) is 8.42 Å². The van der Waals surface area contributed by atoms with Crippen LogP contribution in [0.15, 0.2) is 76.1 Å². The number of nitrogens with one attached hydrogen (secondary N) is 2. The molecule has 0 unspecified atom stereocenters. The molecule has 3 atom stereocenters. The third-order valence-corrected chi connectivity index (χ3v) is 9.04. The molecule has 0 saturated carbocycles. The summed E-state index contributed by atoms with van der Waals surface area (Å²) in [5.74, 6) is 1.12. The van der Waals surface area contributed by atoms with Crippen molar-refractivity contribution in [3.8, 4) is 5.75 Å². The summed E-state index contributed by atoms with van der Waals surface area (Å²) in [7, 11) is -2.20. The number of sulfonamides is 1. The minimum atomic E-state index is -3.87. The molecular formula is C25H21BrCl2N2O3S. The number of allylic oxidation sites excluding steroid dienone is 2. The molecule has 5 nitrogen and oxygen atoms in total. The molecule has 3 aromatic rings. The third-order valence-electron chi connectivity index (χ3n) is 6.37. The first-order valence-electron chi connectivity index (χ1n) is 10.7. The topological polar surface area (TPSA) is 67.4 Å². The Morgan fingerprint density at radius 1 is 1.09 bits per heavy atom. The van der Waals surface area contributed by atoms with Crippen LogP contribution in [0.2, 0.25) is 10.0 Å². The summed E-state index contributed by atoms with van der Waals surface area (Å²) in [5.41, 5.74) is 3.16. The van der Waals surface area contributed by atoms with E-state index >= 15 is 0 Å². The molecule has 0 spiro atoms. The van der Waals surface area contributed by atoms with Gasteiger partial charge in [0.15, 0.2) is 0 Å². The number of anilines is 2. The van der Waals surface area contributed by atoms with Gasteiger partial charge in [0.05, 0.1) is 33.8 Å². The van der Waals surface area contributed by atoms with Gasteiger partial charge in [-0.2, -0.15) is 0 Å². The second-order valence-corrected chi connectivity index (χ2v) is 11.7. The Balaban J connectivity index is 1.52. The molecular weight excluding hydrogens is 559 g/mol. The molecule has 0 fully saturated rings. The minimum Gasteiger partial charge on any atom is -0.496 e. The Labute approximate surface area is 217 Å². The Bertz CT molecular complexity index is 1410. The maximum atomic E-state index is 13.2. The molecule has 0 aromatic heterocycles. The number of rotatable bonds is 5. The zero-order valence-corrected chi connectivity index (χ0v) is 22.0. The summed E-state index contributed by atoms with van der Waals surface area (Å²) in [6.45, 7) is 0. The summed E-state index contributed by atoms with van der Waals surface area (Å²) in [6.07, 6.45) is 5.21. The summed E-state index contributed by atoms with van der Waals surface area (Å²) in [4.78, 5) is 0.168. The lowest BCUT2D eigenvalue weighted by Crippen LogP contribution is -2.29. The van der Waals surface area contributed by atoms with E-state index in [0.717, 1.165) is 33.5 Å². The van der Waals surface area contributed by atoms with E-state index in [0.29, 0.717) is 0 Å². The quantitative estimate of drug-likeness (QED) is 0.309. The first-order valence-corrected chi connectivity index (χ1v) is 13.7. The highest BCUT2D eigenvalue weighted by atomic mass is 79.9. The minimum absolute atomic E-state index is 0.0193. The van der Waals surface area contributed by atoms with E-state index in [-0.39, 0.29) is 38.5 Å². The molecule has 5 rings (SSSR count). The Morgan fingerprint density at radius 2 is 1.91 bits per heavy atom. The standard InChI is InChI=1S/C25H21BrCl2N2O3S/c1-33-23-11-8-14(26)12-19(23)25-17-5-2-4-16(17)18-13-15(9-10-21(18)29-25)34(31,32)30-22-7-3-6-20(27)24(22)28/h2-4,6-13,16-17,25,29-30H,5H2,1H3/t16-,17+,25-/m0/s1. The van der Waals surface area contributed by atoms with E-state index in [1.165, 1.54) is 0 Å². The van der Waals surface area contributed by atoms with Crippen LogP contribution in [-0.4, -0.2) is 15.5 Å². The van der Waals surface area contributed by atoms with Crippen molar-refractivity contribution < 1.29 is 13.2 Å². The van der Waals surface area contributed by atoms with Crippen LogP contribution in [0.4, 0.5) is 11.4 Å². The number of ether oxygens (including phenoxy) is 1. The molecule has 1 aliphatic heterocycles. The fourth-order valence-corrected chi connectivity index (χ4v) is 6.67. The number of benzene rings is 3. The van der Waals surface area contributed by atoms with Crippen LogP contribution in [-0.2, 0) is 10.0 Å². The second kappa shape index (κ2) is 9.11. The van der Waals surface area contributed by atoms with Crippen molar-refractivity contribution >= 4 is 60.5 Å². The predicted octanol–water partition coefficient (Wildman–Crippen LogP) is 7.39. The van der Waals surface area contributed by atoms with Gasteiger partial charge in [0, 0.05) is 21.6 Å². The second-order valence-electron chi connectivity index (χ2n) is 8.32. The Kier molecular flexibility index (Phi) is 6.31. The number of hydrogen-bond donors (Lipinski definition) is 2. The highest BCUT2D eigenvalue weighted by Crippen LogP contribution is 2.51. The average molecular weight is 580 g/mol. The summed E-state index contributed by atoms with van der Waals surface area (Å²) < 4.78 is 35.5. The first-order chi connectivity index (χ1) is 16.3. The fraction of sp³-hybridized carbons (Fsp3) is 0.200. The zero-order chi connectivity index (χ0) is 24.0. The van der Waals surface area contributed by atoms with Gasteiger partial charge >= 0.3 is 0 Å². The summed E-state index contributed by atoms with van der Waals surface area (Å²) in [6, 6.07) is 16.0. The molecule has 0 radical (unpaired) electrons. The fourth-order valence-electron chi connectivity index (χ4n) is 4.78. The van der Waals surface area contributed by atoms with Gasteiger partial charge in [-0.25, -0.2) is 8.42 Å². The Morgan fingerprint density at radius 3 is 2.71 bits per heavy atom. The van der Waals surface area contributed by atoms with Gasteiger partial charge in [0.25, 0.3) is 10.0 Å². The van der Waals surface area contributed by atoms with Gasteiger partial charge in [-0.1, -0.05) is 57.4 Å². The van der Waals surface area contributed by atoms with E-state index in [4.69, 9.17) is 27.9 Å². The van der Waals surface area contributed by atoms with E-state index in [1.807, 2.05) is 18.2 Å². The van der Waals surface area contributed by atoms with Crippen LogP contribution in [0.3, 0.4) is 0 Å². The van der Waals surface area contributed by atoms with Crippen molar-refractivity contribution in [2.24, 2.45) is 5.92 Å². The summed E-state index contributed by atoms with van der Waals surface area (Å²) >= 11 is 15.8. The molecule has 1 aliphatic carbocycles. The molecule has 176 valence electrons. The highest BCUT2D eigenvalue weighted by Gasteiger charge is 2.39. The largest absolute Gasteiger partial charge is 0.496 e. The molecule has 0 saturated heterocycles. The predicted molar refractivity (Wildman–Crippen MR) is 141 cm³/mol. The lowest BCUT2D eigenvalue weighted by molar-refractivity contribution is 0.381. The normalized spacial score (nSPS) is 20.9. The maximum absolute atomic E-state index is 13.2. The maximum Gasteiger partial charge on any atom is 0.261 e. The van der Waals surface area contributed by atoms with Crippen molar-refractivity contribution in [2.45, 2.75) is 23.3 Å². The summed E-state index contributed by atoms with van der Waals surface area (Å²) in [5, 5.41) is 4.08. The molecule has 34 heavy (non-hydrogen) atoms. The van der Waals surface area contributed by atoms with Gasteiger partial charge in [-0.3, -0.25) is 4.72 Å². The molecule has 3 aromatic carbocycles. The van der Waals surface area contributed by atoms with E-state index in [2.05, 4.69) is 44.2 Å². The van der Waals surface area contributed by atoms with Crippen molar-refractivity contribution in [3.05, 3.63) is 92.4 Å². The van der Waals surface area contributed by atoms with Crippen LogP contribution in [0.1, 0.15) is 29.5 Å². The lowest BCUT2D eigenvalue weighted by atomic mass is 9.77. The molecule has 0 amide bonds. The highest BCUT2D eigenvalue weighted by molar-refractivity contribution is 9.10. The molecule has 2 aliphatic rings. The van der Waals surface area contributed by atoms with Crippen molar-refractivity contribution in [3.63, 3.8) is 0 Å². The first kappa shape index (κ1) is 23.5. The number of methoxy groups -OCH3 is 1. The van der Waals surface area contributed by atoms with Crippen LogP contribution in [0.25, 0.3) is 0 Å². The smallest absolute Gasteiger partial charge is 0.261 e. The SMILES string of the molecule is COc1ccc(Br)cc1[C@H]1Nc2ccc(S(=O)(=O)Nc3cccc(Cl)c3Cl)cc2[C@H]2C=CC[C@H]21. The van der Waals surface area contributed by atoms with Crippen LogP contribution < -0.4 is 14.8 Å². The number of halogens is 3. The number of fused-ring (bicyclic) bond motifs is 3. The van der Waals surface area contributed by atoms with Crippen LogP contribution in [0.5, 0.6) is 5.75 Å². The average Bonchev–Trinajstić information content (AvgIpc) is 3.31. The van der Waals surface area contributed by atoms with Crippen LogP contribution in [0, 0.1) is 5.92 Å². The zero-order valence-electron chi connectivity index (χ0n) is 18.1. The number of hydrogen-bond acceptors (Lipinski definition) is 4. The Hall–Kier alpha value is -2.19. The molecule has 1 heterocycles. The third kappa shape index (κ3) is 4.19. The van der Waals surface area contributed by atoms with Gasteiger partial charge < -0.3 is 10.1 Å². The van der Waals surface area contributed by atoms with Crippen LogP contribution >= 0.6 is 39.1 Å². The van der Waals surface area contributed by atoms with Crippen molar-refractivity contribution in [1.82, 2.24) is 0 Å². The molecule has 0 bridgehead atoms. The van der Waals surface area contributed by atoms with Gasteiger partial charge in [0.1, 0.15) is 5.75 Å². The lowest BCUT2D eigenvalue weighted by Gasteiger charge is -2.38. The molecule has 9 heteroatoms. The van der Waals surface area contributed by atoms with E-state index in [1.54, 1.807) is 37.4 Å². The van der Waals surface area contributed by atoms with Crippen molar-refractivity contribution in [1.29, 1.82) is 0 Å². The molecule has 2 N–H and O–H groups in total. The van der Waals surface area contributed by atoms with Gasteiger partial charge in [0.2, 0.25) is 0 Å². The monoisotopic (exact) mass is 578 g/mol.